The molecule has 1 fully saturated rings. The van der Waals surface area contributed by atoms with E-state index in [0.717, 1.165) is 16.7 Å². The molecule has 1 aliphatic rings. The van der Waals surface area contributed by atoms with Gasteiger partial charge in [0.15, 0.2) is 10.8 Å². The van der Waals surface area contributed by atoms with Crippen LogP contribution in [-0.4, -0.2) is 71.9 Å². The van der Waals surface area contributed by atoms with Gasteiger partial charge in [-0.2, -0.15) is 5.21 Å². The fourth-order valence-corrected chi connectivity index (χ4v) is 6.76. The number of β-lactam (4-membered cyclic amide) rings is 1. The molecule has 3 atom stereocenters. The summed E-state index contributed by atoms with van der Waals surface area (Å²) in [5.74, 6) is -2.18. The molecule has 268 valence electrons. The number of hydrogen-bond acceptors (Lipinski definition) is 11. The highest BCUT2D eigenvalue weighted by molar-refractivity contribution is 7.14. The first-order valence-corrected chi connectivity index (χ1v) is 17.5. The first kappa shape index (κ1) is 35.9. The van der Waals surface area contributed by atoms with Crippen molar-refractivity contribution in [2.24, 2.45) is 10.6 Å². The summed E-state index contributed by atoms with van der Waals surface area (Å²) >= 11 is 1.26. The van der Waals surface area contributed by atoms with Gasteiger partial charge in [-0.3, -0.25) is 19.3 Å². The summed E-state index contributed by atoms with van der Waals surface area (Å²) in [6, 6.07) is 28.5. The van der Waals surface area contributed by atoms with Crippen LogP contribution in [0, 0.1) is 5.41 Å². The van der Waals surface area contributed by atoms with E-state index in [2.05, 4.69) is 36.4 Å². The molecule has 5 aromatic rings. The maximum atomic E-state index is 14.1. The van der Waals surface area contributed by atoms with Crippen molar-refractivity contribution in [2.75, 3.05) is 10.2 Å². The number of anilines is 2. The highest BCUT2D eigenvalue weighted by Crippen LogP contribution is 2.41. The molecule has 0 spiro atoms. The molecular formula is C37H39N9O5S. The summed E-state index contributed by atoms with van der Waals surface area (Å²) in [5.41, 5.74) is -0.114. The summed E-state index contributed by atoms with van der Waals surface area (Å²) < 4.78 is 0. The Morgan fingerprint density at radius 1 is 0.942 bits per heavy atom. The maximum absolute atomic E-state index is 14.1. The Morgan fingerprint density at radius 3 is 1.96 bits per heavy atom. The lowest BCUT2D eigenvalue weighted by Crippen LogP contribution is -2.70. The molecule has 3 aromatic carbocycles. The topological polar surface area (TPSA) is 188 Å². The van der Waals surface area contributed by atoms with Gasteiger partial charge in [-0.25, -0.2) is 4.98 Å². The third kappa shape index (κ3) is 6.86. The number of tetrazole rings is 1. The Bertz CT molecular complexity index is 1950. The minimum atomic E-state index is -1.32. The largest absolute Gasteiger partial charge is 0.481 e. The average molecular weight is 722 g/mol. The Kier molecular flexibility index (Phi) is 9.89. The third-order valence-electron chi connectivity index (χ3n) is 9.52. The lowest BCUT2D eigenvalue weighted by atomic mass is 9.76. The van der Waals surface area contributed by atoms with Gasteiger partial charge in [0.25, 0.3) is 17.8 Å². The number of hydrogen-bond donors (Lipinski definition) is 4. The number of aromatic amines is 1. The average Bonchev–Trinajstić information content (AvgIpc) is 3.83. The molecule has 1 saturated heterocycles. The van der Waals surface area contributed by atoms with E-state index < -0.39 is 46.4 Å². The Hall–Kier alpha value is -5.96. The summed E-state index contributed by atoms with van der Waals surface area (Å²) in [4.78, 5) is 51.3. The molecule has 1 unspecified atom stereocenters. The van der Waals surface area contributed by atoms with Crippen molar-refractivity contribution in [1.29, 1.82) is 0 Å². The van der Waals surface area contributed by atoms with E-state index in [-0.39, 0.29) is 23.8 Å². The highest BCUT2D eigenvalue weighted by Gasteiger charge is 2.49. The number of carboxylic acid groups (broad SMARTS) is 1. The highest BCUT2D eigenvalue weighted by atomic mass is 32.1. The Balaban J connectivity index is 1.40. The zero-order chi connectivity index (χ0) is 37.1. The van der Waals surface area contributed by atoms with Crippen LogP contribution < -0.4 is 15.5 Å². The summed E-state index contributed by atoms with van der Waals surface area (Å²) in [7, 11) is 0. The number of carbonyl (C=O) groups excluding carboxylic acids is 2. The molecule has 0 bridgehead atoms. The second kappa shape index (κ2) is 14.3. The normalized spacial score (nSPS) is 17.5. The smallest absolute Gasteiger partial charge is 0.307 e. The van der Waals surface area contributed by atoms with Crippen LogP contribution in [0.4, 0.5) is 11.1 Å². The summed E-state index contributed by atoms with van der Waals surface area (Å²) in [6.45, 7) is 8.85. The minimum Gasteiger partial charge on any atom is -0.481 e. The van der Waals surface area contributed by atoms with Gasteiger partial charge < -0.3 is 20.6 Å². The Labute approximate surface area is 304 Å². The molecule has 0 saturated carbocycles. The lowest BCUT2D eigenvalue weighted by Gasteiger charge is -2.42. The first-order valence-electron chi connectivity index (χ1n) is 16.6. The SMILES string of the molecule is C[C@H]1[C@H](NC(=O)/C(=N\OC(C)(CC(=O)O)C(C)(C)C)c2csc(NC(c3ccccc3)(c3ccccc3)c3ccccc3)n2)C(=O)N1c1nn[nH]n1. The number of amides is 2. The van der Waals surface area contributed by atoms with Crippen LogP contribution in [0.2, 0.25) is 0 Å². The molecule has 14 nitrogen and oxygen atoms in total. The van der Waals surface area contributed by atoms with Crippen molar-refractivity contribution < 1.29 is 24.3 Å². The van der Waals surface area contributed by atoms with Crippen LogP contribution in [0.15, 0.2) is 102 Å². The number of nitrogens with zero attached hydrogens (tertiary/aromatic N) is 6. The van der Waals surface area contributed by atoms with E-state index in [0.29, 0.717) is 5.13 Å². The molecule has 52 heavy (non-hydrogen) atoms. The molecular weight excluding hydrogens is 683 g/mol. The van der Waals surface area contributed by atoms with Gasteiger partial charge in [0.05, 0.1) is 12.5 Å². The molecule has 6 rings (SSSR count). The van der Waals surface area contributed by atoms with Crippen LogP contribution in [0.3, 0.4) is 0 Å². The number of carboxylic acids is 1. The second-order valence-corrected chi connectivity index (χ2v) is 14.6. The van der Waals surface area contributed by atoms with Crippen LogP contribution >= 0.6 is 11.3 Å². The van der Waals surface area contributed by atoms with Crippen LogP contribution in [0.5, 0.6) is 0 Å². The fourth-order valence-electron chi connectivity index (χ4n) is 6.01. The molecule has 15 heteroatoms. The lowest BCUT2D eigenvalue weighted by molar-refractivity contribution is -0.155. The predicted octanol–water partition coefficient (Wildman–Crippen LogP) is 4.98. The number of oxime groups is 1. The minimum absolute atomic E-state index is 0.0868. The second-order valence-electron chi connectivity index (χ2n) is 13.7. The van der Waals surface area contributed by atoms with Gasteiger partial charge in [-0.1, -0.05) is 122 Å². The Morgan fingerprint density at radius 2 is 1.50 bits per heavy atom. The van der Waals surface area contributed by atoms with Crippen molar-refractivity contribution in [1.82, 2.24) is 30.9 Å². The monoisotopic (exact) mass is 721 g/mol. The van der Waals surface area contributed by atoms with E-state index in [1.807, 2.05) is 112 Å². The molecule has 1 aliphatic heterocycles. The molecule has 0 radical (unpaired) electrons. The predicted molar refractivity (Wildman–Crippen MR) is 196 cm³/mol. The van der Waals surface area contributed by atoms with E-state index in [1.54, 1.807) is 19.2 Å². The van der Waals surface area contributed by atoms with Crippen LogP contribution in [-0.2, 0) is 24.8 Å². The number of thiazole rings is 1. The van der Waals surface area contributed by atoms with Gasteiger partial charge in [0.2, 0.25) is 0 Å². The summed E-state index contributed by atoms with van der Waals surface area (Å²) in [5, 5.41) is 36.2. The third-order valence-corrected chi connectivity index (χ3v) is 10.3. The standard InChI is InChI=1S/C37H39N9O5S/c1-23-29(32(50)46(23)33-41-44-45-42-33)39-31(49)30(43-51-36(5,21-28(47)48)35(2,3)4)27-22-52-34(38-27)40-37(24-15-9-6-10-16-24,25-17-11-7-12-18-25)26-19-13-8-14-20-26/h6-20,22-23,29H,21H2,1-5H3,(H,38,40)(H,39,49)(H,47,48)(H,41,42,44,45)/b43-30-/t23-,29-,36?/m0/s1. The summed E-state index contributed by atoms with van der Waals surface area (Å²) in [6.07, 6.45) is -0.385. The molecule has 3 heterocycles. The quantitative estimate of drug-likeness (QED) is 0.0559. The van der Waals surface area contributed by atoms with E-state index in [9.17, 15) is 19.5 Å². The molecule has 4 N–H and O–H groups in total. The number of H-pyrrole nitrogens is 1. The van der Waals surface area contributed by atoms with Crippen molar-refractivity contribution in [3.63, 3.8) is 0 Å². The van der Waals surface area contributed by atoms with E-state index >= 15 is 0 Å². The van der Waals surface area contributed by atoms with Crippen LogP contribution in [0.25, 0.3) is 0 Å². The van der Waals surface area contributed by atoms with Gasteiger partial charge >= 0.3 is 5.97 Å². The molecule has 2 amide bonds. The number of carbonyl (C=O) groups is 3. The van der Waals surface area contributed by atoms with Crippen molar-refractivity contribution in [3.05, 3.63) is 119 Å². The number of nitrogens with one attached hydrogen (secondary N) is 3. The zero-order valence-corrected chi connectivity index (χ0v) is 30.1. The number of benzene rings is 3. The molecule has 2 aromatic heterocycles. The van der Waals surface area contributed by atoms with Crippen molar-refractivity contribution in [2.45, 2.75) is 64.3 Å². The van der Waals surface area contributed by atoms with E-state index in [4.69, 9.17) is 9.82 Å². The van der Waals surface area contributed by atoms with Gasteiger partial charge in [0.1, 0.15) is 22.9 Å². The zero-order valence-electron chi connectivity index (χ0n) is 29.3. The fraction of sp³-hybridized carbons (Fsp3) is 0.297. The first-order chi connectivity index (χ1) is 24.8. The number of rotatable bonds is 13. The van der Waals surface area contributed by atoms with Crippen molar-refractivity contribution >= 4 is 45.9 Å². The van der Waals surface area contributed by atoms with Gasteiger partial charge in [0, 0.05) is 10.8 Å². The van der Waals surface area contributed by atoms with Crippen LogP contribution in [0.1, 0.15) is 63.4 Å². The maximum Gasteiger partial charge on any atom is 0.307 e. The number of aromatic nitrogens is 5. The number of aliphatic carboxylic acids is 1. The van der Waals surface area contributed by atoms with Crippen molar-refractivity contribution in [3.8, 4) is 0 Å². The molecule has 0 aliphatic carbocycles. The van der Waals surface area contributed by atoms with Gasteiger partial charge in [-0.15, -0.1) is 16.4 Å². The van der Waals surface area contributed by atoms with E-state index in [1.165, 1.54) is 16.2 Å². The van der Waals surface area contributed by atoms with Gasteiger partial charge in [-0.05, 0) is 35.8 Å².